The fourth-order valence-corrected chi connectivity index (χ4v) is 1.25. The summed E-state index contributed by atoms with van der Waals surface area (Å²) < 4.78 is 16.3. The molecule has 0 aliphatic heterocycles. The Bertz CT molecular complexity index is 205. The molecule has 0 heterocycles. The third kappa shape index (κ3) is 17.8. The minimum atomic E-state index is 0.330. The van der Waals surface area contributed by atoms with Gasteiger partial charge in [0.05, 0.1) is 39.6 Å². The third-order valence-corrected chi connectivity index (χ3v) is 2.39. The van der Waals surface area contributed by atoms with Crippen molar-refractivity contribution >= 4 is 0 Å². The van der Waals surface area contributed by atoms with Gasteiger partial charge in [-0.1, -0.05) is 20.8 Å². The van der Waals surface area contributed by atoms with E-state index in [1.165, 1.54) is 0 Å². The topological polar surface area (TPSA) is 49.0 Å². The van der Waals surface area contributed by atoms with Crippen molar-refractivity contribution in [1.82, 2.24) is 5.48 Å². The largest absolute Gasteiger partial charge is 0.379 e. The lowest BCUT2D eigenvalue weighted by molar-refractivity contribution is -0.0317. The molecule has 5 nitrogen and oxygen atoms in total. The molecule has 0 saturated heterocycles. The number of ether oxygens (including phenoxy) is 3. The van der Waals surface area contributed by atoms with Crippen LogP contribution in [0.2, 0.25) is 0 Å². The maximum atomic E-state index is 5.50. The van der Waals surface area contributed by atoms with E-state index >= 15 is 0 Å². The molecule has 0 amide bonds. The van der Waals surface area contributed by atoms with Gasteiger partial charge in [0.2, 0.25) is 0 Å². The second-order valence-corrected chi connectivity index (χ2v) is 6.27. The Morgan fingerprint density at radius 1 is 0.750 bits per heavy atom. The van der Waals surface area contributed by atoms with Crippen LogP contribution in [-0.2, 0) is 19.0 Å². The van der Waals surface area contributed by atoms with E-state index in [4.69, 9.17) is 19.0 Å². The summed E-state index contributed by atoms with van der Waals surface area (Å²) in [4.78, 5) is 5.16. The summed E-state index contributed by atoms with van der Waals surface area (Å²) in [6.45, 7) is 15.1. The first kappa shape index (κ1) is 19.8. The minimum Gasteiger partial charge on any atom is -0.379 e. The molecule has 0 aliphatic carbocycles. The number of hydroxylamine groups is 1. The van der Waals surface area contributed by atoms with Crippen molar-refractivity contribution in [3.8, 4) is 0 Å². The van der Waals surface area contributed by atoms with Crippen LogP contribution in [0.1, 0.15) is 41.0 Å². The van der Waals surface area contributed by atoms with Gasteiger partial charge < -0.3 is 14.2 Å². The SMILES string of the molecule is CC(C)NOCCOCCOCCOCCC(C)(C)C. The van der Waals surface area contributed by atoms with Crippen molar-refractivity contribution in [3.05, 3.63) is 0 Å². The summed E-state index contributed by atoms with van der Waals surface area (Å²) in [6, 6.07) is 0.330. The highest BCUT2D eigenvalue weighted by Gasteiger charge is 2.08. The molecule has 0 fully saturated rings. The van der Waals surface area contributed by atoms with Crippen LogP contribution in [-0.4, -0.2) is 52.3 Å². The number of hydrogen-bond acceptors (Lipinski definition) is 5. The molecular weight excluding hydrogens is 258 g/mol. The molecule has 0 aromatic carbocycles. The predicted octanol–water partition coefficient (Wildman–Crippen LogP) is 2.40. The summed E-state index contributed by atoms with van der Waals surface area (Å²) in [5.74, 6) is 0. The van der Waals surface area contributed by atoms with Gasteiger partial charge in [-0.05, 0) is 25.7 Å². The first-order chi connectivity index (χ1) is 9.42. The summed E-state index contributed by atoms with van der Waals surface area (Å²) in [6.07, 6.45) is 1.07. The Labute approximate surface area is 124 Å². The average Bonchev–Trinajstić information content (AvgIpc) is 2.33. The van der Waals surface area contributed by atoms with Crippen molar-refractivity contribution in [2.45, 2.75) is 47.1 Å². The normalized spacial score (nSPS) is 12.3. The van der Waals surface area contributed by atoms with Crippen LogP contribution in [0.3, 0.4) is 0 Å². The Morgan fingerprint density at radius 2 is 1.20 bits per heavy atom. The average molecular weight is 291 g/mol. The monoisotopic (exact) mass is 291 g/mol. The van der Waals surface area contributed by atoms with Crippen LogP contribution >= 0.6 is 0 Å². The van der Waals surface area contributed by atoms with E-state index in [0.717, 1.165) is 13.0 Å². The lowest BCUT2D eigenvalue weighted by Crippen LogP contribution is -2.25. The smallest absolute Gasteiger partial charge is 0.0916 e. The predicted molar refractivity (Wildman–Crippen MR) is 80.8 cm³/mol. The third-order valence-electron chi connectivity index (χ3n) is 2.39. The summed E-state index contributed by atoms with van der Waals surface area (Å²) in [5, 5.41) is 0. The van der Waals surface area contributed by atoms with Crippen molar-refractivity contribution in [2.24, 2.45) is 5.41 Å². The highest BCUT2D eigenvalue weighted by Crippen LogP contribution is 2.17. The van der Waals surface area contributed by atoms with E-state index in [2.05, 4.69) is 26.3 Å². The van der Waals surface area contributed by atoms with E-state index in [1.807, 2.05) is 13.8 Å². The van der Waals surface area contributed by atoms with Gasteiger partial charge in [0.15, 0.2) is 0 Å². The van der Waals surface area contributed by atoms with Crippen LogP contribution in [0.5, 0.6) is 0 Å². The molecule has 1 N–H and O–H groups in total. The van der Waals surface area contributed by atoms with Crippen molar-refractivity contribution < 1.29 is 19.0 Å². The minimum absolute atomic E-state index is 0.330. The molecule has 0 saturated carbocycles. The van der Waals surface area contributed by atoms with E-state index in [1.54, 1.807) is 0 Å². The van der Waals surface area contributed by atoms with Crippen LogP contribution in [0.4, 0.5) is 0 Å². The van der Waals surface area contributed by atoms with E-state index in [0.29, 0.717) is 51.1 Å². The van der Waals surface area contributed by atoms with Crippen LogP contribution < -0.4 is 5.48 Å². The van der Waals surface area contributed by atoms with Gasteiger partial charge in [-0.3, -0.25) is 4.84 Å². The number of rotatable bonds is 13. The standard InChI is InChI=1S/C15H33NO4/c1-14(2)16-20-13-12-19-11-10-18-9-8-17-7-6-15(3,4)5/h14,16H,6-13H2,1-5H3. The van der Waals surface area contributed by atoms with E-state index in [-0.39, 0.29) is 0 Å². The maximum Gasteiger partial charge on any atom is 0.0916 e. The molecule has 0 spiro atoms. The molecule has 5 heteroatoms. The highest BCUT2D eigenvalue weighted by molar-refractivity contribution is 4.59. The zero-order chi connectivity index (χ0) is 15.3. The number of hydrogen-bond donors (Lipinski definition) is 1. The molecule has 0 aromatic heterocycles. The van der Waals surface area contributed by atoms with Gasteiger partial charge in [0.1, 0.15) is 0 Å². The van der Waals surface area contributed by atoms with Gasteiger partial charge in [0.25, 0.3) is 0 Å². The molecule has 0 aromatic rings. The van der Waals surface area contributed by atoms with Crippen LogP contribution in [0, 0.1) is 5.41 Å². The maximum absolute atomic E-state index is 5.50. The molecular formula is C15H33NO4. The van der Waals surface area contributed by atoms with E-state index < -0.39 is 0 Å². The van der Waals surface area contributed by atoms with Gasteiger partial charge in [-0.15, -0.1) is 0 Å². The molecule has 20 heavy (non-hydrogen) atoms. The van der Waals surface area contributed by atoms with Gasteiger partial charge in [0, 0.05) is 12.6 Å². The fourth-order valence-electron chi connectivity index (χ4n) is 1.25. The van der Waals surface area contributed by atoms with Crippen molar-refractivity contribution in [1.29, 1.82) is 0 Å². The molecule has 0 unspecified atom stereocenters. The van der Waals surface area contributed by atoms with Crippen LogP contribution in [0.25, 0.3) is 0 Å². The second-order valence-electron chi connectivity index (χ2n) is 6.27. The highest BCUT2D eigenvalue weighted by atomic mass is 16.7. The summed E-state index contributed by atoms with van der Waals surface area (Å²) >= 11 is 0. The molecule has 0 atom stereocenters. The second kappa shape index (κ2) is 12.5. The number of nitrogens with one attached hydrogen (secondary N) is 1. The van der Waals surface area contributed by atoms with Gasteiger partial charge >= 0.3 is 0 Å². The Hall–Kier alpha value is -0.200. The molecule has 0 aliphatic rings. The molecule has 0 radical (unpaired) electrons. The van der Waals surface area contributed by atoms with Crippen LogP contribution in [0.15, 0.2) is 0 Å². The van der Waals surface area contributed by atoms with Gasteiger partial charge in [-0.2, -0.15) is 5.48 Å². The Balaban J connectivity index is 3.03. The molecule has 0 rings (SSSR count). The fraction of sp³-hybridized carbons (Fsp3) is 1.00. The lowest BCUT2D eigenvalue weighted by Gasteiger charge is -2.17. The zero-order valence-electron chi connectivity index (χ0n) is 13.9. The molecule has 0 bridgehead atoms. The first-order valence-electron chi connectivity index (χ1n) is 7.52. The van der Waals surface area contributed by atoms with Crippen molar-refractivity contribution in [3.63, 3.8) is 0 Å². The summed E-state index contributed by atoms with van der Waals surface area (Å²) in [7, 11) is 0. The van der Waals surface area contributed by atoms with Crippen molar-refractivity contribution in [2.75, 3.05) is 46.2 Å². The van der Waals surface area contributed by atoms with Gasteiger partial charge in [-0.25, -0.2) is 0 Å². The summed E-state index contributed by atoms with van der Waals surface area (Å²) in [5.41, 5.74) is 3.19. The first-order valence-corrected chi connectivity index (χ1v) is 7.52. The zero-order valence-corrected chi connectivity index (χ0v) is 13.9. The molecule has 122 valence electrons. The lowest BCUT2D eigenvalue weighted by atomic mass is 9.93. The van der Waals surface area contributed by atoms with E-state index in [9.17, 15) is 0 Å². The quantitative estimate of drug-likeness (QED) is 0.417. The Kier molecular flexibility index (Phi) is 12.4. The Morgan fingerprint density at radius 3 is 1.65 bits per heavy atom.